The summed E-state index contributed by atoms with van der Waals surface area (Å²) in [6.07, 6.45) is 5.85. The van der Waals surface area contributed by atoms with E-state index in [-0.39, 0.29) is 0 Å². The van der Waals surface area contributed by atoms with Gasteiger partial charge in [0.1, 0.15) is 11.5 Å². The van der Waals surface area contributed by atoms with Gasteiger partial charge in [-0.25, -0.2) is 15.0 Å². The fourth-order valence-electron chi connectivity index (χ4n) is 2.18. The third-order valence-electron chi connectivity index (χ3n) is 2.98. The summed E-state index contributed by atoms with van der Waals surface area (Å²) in [6.45, 7) is 3.05. The Morgan fingerprint density at radius 2 is 2.29 bits per heavy atom. The highest BCUT2D eigenvalue weighted by atomic mass is 15.0. The minimum absolute atomic E-state index is 0.295. The molecule has 1 aliphatic heterocycles. The predicted molar refractivity (Wildman–Crippen MR) is 64.3 cm³/mol. The Morgan fingerprint density at radius 1 is 1.35 bits per heavy atom. The maximum atomic E-state index is 4.59. The second-order valence-electron chi connectivity index (χ2n) is 4.34. The first-order valence-electron chi connectivity index (χ1n) is 5.91. The van der Waals surface area contributed by atoms with Crippen molar-refractivity contribution in [3.05, 3.63) is 30.0 Å². The largest absolute Gasteiger partial charge is 0.343 e. The Labute approximate surface area is 99.7 Å². The number of nitrogens with zero attached hydrogens (tertiary/aromatic N) is 3. The van der Waals surface area contributed by atoms with E-state index < -0.39 is 0 Å². The van der Waals surface area contributed by atoms with Crippen molar-refractivity contribution in [1.29, 1.82) is 0 Å². The van der Waals surface area contributed by atoms with Crippen LogP contribution in [0.25, 0.3) is 11.5 Å². The maximum absolute atomic E-state index is 4.59. The summed E-state index contributed by atoms with van der Waals surface area (Å²) >= 11 is 0. The van der Waals surface area contributed by atoms with E-state index in [4.69, 9.17) is 0 Å². The molecule has 0 amide bonds. The van der Waals surface area contributed by atoms with Gasteiger partial charge in [-0.15, -0.1) is 0 Å². The summed E-state index contributed by atoms with van der Waals surface area (Å²) in [6, 6.07) is 2.25. The quantitative estimate of drug-likeness (QED) is 0.820. The molecule has 3 heterocycles. The molecule has 1 atom stereocenters. The molecular formula is C12H15N5. The molecule has 0 saturated carbocycles. The van der Waals surface area contributed by atoms with Crippen LogP contribution in [0, 0.1) is 6.92 Å². The molecule has 0 spiro atoms. The van der Waals surface area contributed by atoms with Crippen molar-refractivity contribution >= 4 is 0 Å². The van der Waals surface area contributed by atoms with Gasteiger partial charge in [0.05, 0.1) is 6.04 Å². The average Bonchev–Trinajstić information content (AvgIpc) is 3.02. The molecule has 2 N–H and O–H groups in total. The van der Waals surface area contributed by atoms with Crippen LogP contribution in [0.5, 0.6) is 0 Å². The van der Waals surface area contributed by atoms with Gasteiger partial charge in [-0.3, -0.25) is 0 Å². The molecule has 88 valence electrons. The topological polar surface area (TPSA) is 66.5 Å². The SMILES string of the molecule is Cc1cc(-c2ncc[nH]2)nc(C2CCCN2)n1. The van der Waals surface area contributed by atoms with Gasteiger partial charge in [0, 0.05) is 18.1 Å². The Hall–Kier alpha value is -1.75. The van der Waals surface area contributed by atoms with Crippen LogP contribution in [-0.2, 0) is 0 Å². The van der Waals surface area contributed by atoms with Crippen molar-refractivity contribution in [2.24, 2.45) is 0 Å². The van der Waals surface area contributed by atoms with E-state index in [1.165, 1.54) is 6.42 Å². The highest BCUT2D eigenvalue weighted by Crippen LogP contribution is 2.22. The number of H-pyrrole nitrogens is 1. The Balaban J connectivity index is 2.00. The molecular weight excluding hydrogens is 214 g/mol. The van der Waals surface area contributed by atoms with Gasteiger partial charge in [0.25, 0.3) is 0 Å². The van der Waals surface area contributed by atoms with Crippen molar-refractivity contribution in [2.45, 2.75) is 25.8 Å². The van der Waals surface area contributed by atoms with Gasteiger partial charge >= 0.3 is 0 Å². The Kier molecular flexibility index (Phi) is 2.60. The Bertz CT molecular complexity index is 500. The molecule has 0 bridgehead atoms. The molecule has 5 heteroatoms. The van der Waals surface area contributed by atoms with Crippen LogP contribution in [0.1, 0.15) is 30.4 Å². The molecule has 0 radical (unpaired) electrons. The number of hydrogen-bond donors (Lipinski definition) is 2. The molecule has 0 aromatic carbocycles. The van der Waals surface area contributed by atoms with Gasteiger partial charge in [-0.05, 0) is 32.4 Å². The number of nitrogens with one attached hydrogen (secondary N) is 2. The monoisotopic (exact) mass is 229 g/mol. The van der Waals surface area contributed by atoms with Crippen LogP contribution >= 0.6 is 0 Å². The minimum atomic E-state index is 0.295. The van der Waals surface area contributed by atoms with Crippen molar-refractivity contribution in [2.75, 3.05) is 6.54 Å². The van der Waals surface area contributed by atoms with Crippen molar-refractivity contribution in [3.63, 3.8) is 0 Å². The highest BCUT2D eigenvalue weighted by molar-refractivity contribution is 5.49. The first-order valence-corrected chi connectivity index (χ1v) is 5.91. The van der Waals surface area contributed by atoms with Gasteiger partial charge in [-0.2, -0.15) is 0 Å². The molecule has 5 nitrogen and oxygen atoms in total. The zero-order valence-electron chi connectivity index (χ0n) is 9.77. The van der Waals surface area contributed by atoms with Crippen LogP contribution in [0.2, 0.25) is 0 Å². The molecule has 3 rings (SSSR count). The van der Waals surface area contributed by atoms with E-state index in [1.54, 1.807) is 12.4 Å². The third kappa shape index (κ3) is 2.06. The molecule has 1 fully saturated rings. The lowest BCUT2D eigenvalue weighted by molar-refractivity contribution is 0.603. The number of aryl methyl sites for hydroxylation is 1. The third-order valence-corrected chi connectivity index (χ3v) is 2.98. The van der Waals surface area contributed by atoms with Crippen molar-refractivity contribution in [3.8, 4) is 11.5 Å². The van der Waals surface area contributed by atoms with E-state index in [1.807, 2.05) is 13.0 Å². The van der Waals surface area contributed by atoms with E-state index in [2.05, 4.69) is 25.3 Å². The first-order chi connectivity index (χ1) is 8.33. The van der Waals surface area contributed by atoms with E-state index in [9.17, 15) is 0 Å². The van der Waals surface area contributed by atoms with E-state index in [0.717, 1.165) is 36.0 Å². The summed E-state index contributed by atoms with van der Waals surface area (Å²) in [5.74, 6) is 1.68. The van der Waals surface area contributed by atoms with Gasteiger partial charge in [0.15, 0.2) is 5.82 Å². The lowest BCUT2D eigenvalue weighted by atomic mass is 10.2. The second kappa shape index (κ2) is 4.25. The predicted octanol–water partition coefficient (Wildman–Crippen LogP) is 1.60. The smallest absolute Gasteiger partial charge is 0.156 e. The lowest BCUT2D eigenvalue weighted by Gasteiger charge is -2.10. The number of aromatic nitrogens is 4. The first kappa shape index (κ1) is 10.4. The average molecular weight is 229 g/mol. The van der Waals surface area contributed by atoms with E-state index in [0.29, 0.717) is 6.04 Å². The fraction of sp³-hybridized carbons (Fsp3) is 0.417. The molecule has 1 saturated heterocycles. The highest BCUT2D eigenvalue weighted by Gasteiger charge is 2.20. The second-order valence-corrected chi connectivity index (χ2v) is 4.34. The summed E-state index contributed by atoms with van der Waals surface area (Å²) in [5.41, 5.74) is 1.85. The normalized spacial score (nSPS) is 19.7. The van der Waals surface area contributed by atoms with E-state index >= 15 is 0 Å². The van der Waals surface area contributed by atoms with Crippen LogP contribution in [-0.4, -0.2) is 26.5 Å². The zero-order chi connectivity index (χ0) is 11.7. The minimum Gasteiger partial charge on any atom is -0.343 e. The lowest BCUT2D eigenvalue weighted by Crippen LogP contribution is -2.16. The maximum Gasteiger partial charge on any atom is 0.156 e. The number of imidazole rings is 1. The zero-order valence-corrected chi connectivity index (χ0v) is 9.77. The standard InChI is InChI=1S/C12H15N5/c1-8-7-10(11-14-5-6-15-11)17-12(16-8)9-3-2-4-13-9/h5-7,9,13H,2-4H2,1H3,(H,14,15). The number of rotatable bonds is 2. The van der Waals surface area contributed by atoms with Crippen LogP contribution in [0.4, 0.5) is 0 Å². The van der Waals surface area contributed by atoms with Crippen LogP contribution in [0.3, 0.4) is 0 Å². The number of aromatic amines is 1. The molecule has 17 heavy (non-hydrogen) atoms. The fourth-order valence-corrected chi connectivity index (χ4v) is 2.18. The molecule has 2 aromatic rings. The van der Waals surface area contributed by atoms with Crippen LogP contribution in [0.15, 0.2) is 18.5 Å². The van der Waals surface area contributed by atoms with Gasteiger partial charge < -0.3 is 10.3 Å². The molecule has 0 aliphatic carbocycles. The van der Waals surface area contributed by atoms with Crippen LogP contribution < -0.4 is 5.32 Å². The summed E-state index contributed by atoms with van der Waals surface area (Å²) < 4.78 is 0. The van der Waals surface area contributed by atoms with Crippen molar-refractivity contribution < 1.29 is 0 Å². The van der Waals surface area contributed by atoms with Gasteiger partial charge in [-0.1, -0.05) is 0 Å². The molecule has 2 aromatic heterocycles. The molecule has 1 aliphatic rings. The summed E-state index contributed by atoms with van der Waals surface area (Å²) in [4.78, 5) is 16.4. The summed E-state index contributed by atoms with van der Waals surface area (Å²) in [5, 5.41) is 3.42. The van der Waals surface area contributed by atoms with Gasteiger partial charge in [0.2, 0.25) is 0 Å². The summed E-state index contributed by atoms with van der Waals surface area (Å²) in [7, 11) is 0. The molecule has 1 unspecified atom stereocenters. The number of hydrogen-bond acceptors (Lipinski definition) is 4. The van der Waals surface area contributed by atoms with Crippen molar-refractivity contribution in [1.82, 2.24) is 25.3 Å². The Morgan fingerprint density at radius 3 is 3.00 bits per heavy atom.